The first kappa shape index (κ1) is 31.3. The lowest BCUT2D eigenvalue weighted by Gasteiger charge is -2.25. The molecule has 0 aliphatic heterocycles. The van der Waals surface area contributed by atoms with E-state index >= 15 is 0 Å². The van der Waals surface area contributed by atoms with Gasteiger partial charge in [0.05, 0.1) is 45.8 Å². The summed E-state index contributed by atoms with van der Waals surface area (Å²) in [5.74, 6) is -0.898. The normalized spacial score (nSPS) is 20.8. The zero-order chi connectivity index (χ0) is 31.8. The first-order chi connectivity index (χ1) is 20.8. The summed E-state index contributed by atoms with van der Waals surface area (Å²) in [7, 11) is 0. The zero-order valence-corrected chi connectivity index (χ0v) is 25.1. The summed E-state index contributed by atoms with van der Waals surface area (Å²) < 4.78 is 42.6. The molecule has 0 saturated heterocycles. The Bertz CT molecular complexity index is 1650. The number of pyridine rings is 1. The molecule has 1 aliphatic rings. The second-order valence-corrected chi connectivity index (χ2v) is 11.6. The highest BCUT2D eigenvalue weighted by Crippen LogP contribution is 2.39. The largest absolute Gasteiger partial charge is 0.573 e. The van der Waals surface area contributed by atoms with Gasteiger partial charge in [-0.15, -0.1) is 24.5 Å². The fourth-order valence-corrected chi connectivity index (χ4v) is 6.38. The van der Waals surface area contributed by atoms with Gasteiger partial charge in [-0.1, -0.05) is 12.1 Å². The fraction of sp³-hybridized carbons (Fsp3) is 0.414. The molecule has 3 heterocycles. The molecule has 1 saturated carbocycles. The summed E-state index contributed by atoms with van der Waals surface area (Å²) in [6.45, 7) is 7.61. The van der Waals surface area contributed by atoms with Gasteiger partial charge < -0.3 is 30.9 Å². The van der Waals surface area contributed by atoms with Crippen molar-refractivity contribution >= 4 is 39.2 Å². The zero-order valence-electron chi connectivity index (χ0n) is 24.3. The molecule has 0 bridgehead atoms. The van der Waals surface area contributed by atoms with Crippen LogP contribution in [0.2, 0.25) is 0 Å². The van der Waals surface area contributed by atoms with Crippen molar-refractivity contribution in [3.63, 3.8) is 0 Å². The van der Waals surface area contributed by atoms with Gasteiger partial charge in [0.1, 0.15) is 28.2 Å². The van der Waals surface area contributed by atoms with E-state index in [2.05, 4.69) is 30.7 Å². The third kappa shape index (κ3) is 6.69. The van der Waals surface area contributed by atoms with Gasteiger partial charge in [-0.3, -0.25) is 9.78 Å². The number of carbonyl (C=O) groups is 1. The number of hydrogen-bond donors (Lipinski definition) is 5. The summed E-state index contributed by atoms with van der Waals surface area (Å²) in [5.41, 5.74) is 3.23. The molecule has 1 amide bonds. The Morgan fingerprint density at radius 1 is 1.11 bits per heavy atom. The predicted octanol–water partition coefficient (Wildman–Crippen LogP) is 4.50. The number of halogens is 3. The van der Waals surface area contributed by atoms with E-state index in [1.54, 1.807) is 27.0 Å². The summed E-state index contributed by atoms with van der Waals surface area (Å²) in [6, 6.07) is 6.02. The molecule has 44 heavy (non-hydrogen) atoms. The number of fused-ring (bicyclic) bond motifs is 1. The van der Waals surface area contributed by atoms with E-state index in [0.29, 0.717) is 34.2 Å². The van der Waals surface area contributed by atoms with Crippen molar-refractivity contribution in [1.29, 1.82) is 0 Å². The van der Waals surface area contributed by atoms with E-state index < -0.39 is 36.6 Å². The van der Waals surface area contributed by atoms with Crippen LogP contribution in [0.25, 0.3) is 20.8 Å². The number of ether oxygens (including phenoxy) is 1. The van der Waals surface area contributed by atoms with Gasteiger partial charge in [0, 0.05) is 12.7 Å². The third-order valence-electron chi connectivity index (χ3n) is 7.44. The molecule has 11 nitrogen and oxygen atoms in total. The number of amides is 1. The third-order valence-corrected chi connectivity index (χ3v) is 8.47. The number of aliphatic hydroxyl groups is 2. The van der Waals surface area contributed by atoms with Crippen molar-refractivity contribution in [1.82, 2.24) is 25.3 Å². The van der Waals surface area contributed by atoms with Crippen LogP contribution in [0.4, 0.5) is 24.9 Å². The molecule has 0 unspecified atom stereocenters. The molecule has 0 radical (unpaired) electrons. The van der Waals surface area contributed by atoms with E-state index in [4.69, 9.17) is 9.97 Å². The van der Waals surface area contributed by atoms with E-state index in [9.17, 15) is 28.2 Å². The SMILES string of the molecule is CCNC(=O)[C@@H]1C[C@@H](O)[C@@H](O)[C@@H]1Nc1nc(N[C@H](C)c2ccc(OC(F)(F)F)cc2)nc(C)c1-c1nc2c(C)nccc2s1. The van der Waals surface area contributed by atoms with E-state index in [-0.39, 0.29) is 24.0 Å². The molecule has 1 aliphatic carbocycles. The Kier molecular flexibility index (Phi) is 8.90. The topological polar surface area (TPSA) is 154 Å². The number of nitrogens with zero attached hydrogens (tertiary/aromatic N) is 4. The van der Waals surface area contributed by atoms with E-state index in [1.807, 2.05) is 13.0 Å². The Labute approximate surface area is 254 Å². The van der Waals surface area contributed by atoms with Crippen molar-refractivity contribution in [2.24, 2.45) is 5.92 Å². The minimum atomic E-state index is -4.79. The number of benzene rings is 1. The highest BCUT2D eigenvalue weighted by molar-refractivity contribution is 7.21. The molecule has 5 rings (SSSR count). The fourth-order valence-electron chi connectivity index (χ4n) is 5.26. The first-order valence-electron chi connectivity index (χ1n) is 14.0. The van der Waals surface area contributed by atoms with Gasteiger partial charge in [-0.25, -0.2) is 9.97 Å². The van der Waals surface area contributed by atoms with Gasteiger partial charge in [-0.2, -0.15) is 4.98 Å². The number of aryl methyl sites for hydroxylation is 2. The Morgan fingerprint density at radius 2 is 1.84 bits per heavy atom. The van der Waals surface area contributed by atoms with Crippen LogP contribution in [-0.2, 0) is 4.79 Å². The maximum absolute atomic E-state index is 12.9. The molecule has 4 aromatic rings. The average Bonchev–Trinajstić information content (AvgIpc) is 3.50. The van der Waals surface area contributed by atoms with Crippen LogP contribution in [0.3, 0.4) is 0 Å². The molecule has 0 spiro atoms. The quantitative estimate of drug-likeness (QED) is 0.178. The monoisotopic (exact) mass is 631 g/mol. The van der Waals surface area contributed by atoms with Gasteiger partial charge in [0.2, 0.25) is 11.9 Å². The molecule has 234 valence electrons. The van der Waals surface area contributed by atoms with Gasteiger partial charge >= 0.3 is 6.36 Å². The Hall–Kier alpha value is -4.08. The number of carbonyl (C=O) groups excluding carboxylic acids is 1. The number of aromatic nitrogens is 4. The lowest BCUT2D eigenvalue weighted by molar-refractivity contribution is -0.274. The van der Waals surface area contributed by atoms with Crippen LogP contribution < -0.4 is 20.7 Å². The highest BCUT2D eigenvalue weighted by atomic mass is 32.1. The molecule has 1 aromatic carbocycles. The summed E-state index contributed by atoms with van der Waals surface area (Å²) >= 11 is 1.41. The van der Waals surface area contributed by atoms with Crippen LogP contribution in [0.15, 0.2) is 36.5 Å². The molecular weight excluding hydrogens is 599 g/mol. The second kappa shape index (κ2) is 12.5. The van der Waals surface area contributed by atoms with Crippen molar-refractivity contribution in [2.75, 3.05) is 17.2 Å². The average molecular weight is 632 g/mol. The highest BCUT2D eigenvalue weighted by Gasteiger charge is 2.45. The van der Waals surface area contributed by atoms with Gasteiger partial charge in [-0.05, 0) is 57.9 Å². The Morgan fingerprint density at radius 3 is 2.50 bits per heavy atom. The molecule has 5 atom stereocenters. The minimum absolute atomic E-state index is 0.0618. The number of nitrogens with one attached hydrogen (secondary N) is 3. The van der Waals surface area contributed by atoms with E-state index in [1.165, 1.54) is 35.6 Å². The lowest BCUT2D eigenvalue weighted by Crippen LogP contribution is -2.43. The molecule has 5 N–H and O–H groups in total. The van der Waals surface area contributed by atoms with Crippen molar-refractivity contribution in [2.45, 2.75) is 64.8 Å². The predicted molar refractivity (Wildman–Crippen MR) is 159 cm³/mol. The minimum Gasteiger partial charge on any atom is -0.406 e. The molecule has 3 aromatic heterocycles. The van der Waals surface area contributed by atoms with Crippen LogP contribution in [0.1, 0.15) is 43.3 Å². The van der Waals surface area contributed by atoms with Crippen LogP contribution in [0, 0.1) is 19.8 Å². The van der Waals surface area contributed by atoms with Crippen LogP contribution in [-0.4, -0.2) is 67.2 Å². The maximum Gasteiger partial charge on any atom is 0.573 e. The smallest absolute Gasteiger partial charge is 0.406 e. The van der Waals surface area contributed by atoms with Gasteiger partial charge in [0.25, 0.3) is 0 Å². The van der Waals surface area contributed by atoms with Crippen molar-refractivity contribution < 1.29 is 32.9 Å². The Balaban J connectivity index is 1.52. The lowest BCUT2D eigenvalue weighted by atomic mass is 10.0. The van der Waals surface area contributed by atoms with E-state index in [0.717, 1.165) is 15.9 Å². The summed E-state index contributed by atoms with van der Waals surface area (Å²) in [6.07, 6.45) is -5.40. The number of anilines is 2. The number of hydrogen-bond acceptors (Lipinski definition) is 11. The molecular formula is C29H32F3N7O4S. The first-order valence-corrected chi connectivity index (χ1v) is 14.8. The number of aliphatic hydroxyl groups excluding tert-OH is 2. The summed E-state index contributed by atoms with van der Waals surface area (Å²) in [4.78, 5) is 31.4. The van der Waals surface area contributed by atoms with Crippen LogP contribution >= 0.6 is 11.3 Å². The van der Waals surface area contributed by atoms with Crippen molar-refractivity contribution in [3.05, 3.63) is 53.5 Å². The molecule has 15 heteroatoms. The van der Waals surface area contributed by atoms with Crippen molar-refractivity contribution in [3.8, 4) is 16.3 Å². The van der Waals surface area contributed by atoms with Crippen LogP contribution in [0.5, 0.6) is 5.75 Å². The second-order valence-electron chi connectivity index (χ2n) is 10.6. The summed E-state index contributed by atoms with van der Waals surface area (Å²) in [5, 5.41) is 31.1. The standard InChI is InChI=1S/C29H32F3N7O4S/c1-5-33-26(42)18-12-19(40)24(41)23(18)37-25-21(27-38-22-15(4)34-11-10-20(22)44-27)14(3)36-28(39-25)35-13(2)16-6-8-17(9-7-16)43-29(30,31)32/h6-11,13,18-19,23-24,40-41H,5,12H2,1-4H3,(H,33,42)(H2,35,36,37,39)/t13-,18-,19-,23-,24-/m1/s1. The molecule has 1 fully saturated rings. The number of alkyl halides is 3. The number of thiazole rings is 1. The number of rotatable bonds is 9. The maximum atomic E-state index is 12.9. The van der Waals surface area contributed by atoms with Gasteiger partial charge in [0.15, 0.2) is 0 Å².